The van der Waals surface area contributed by atoms with Crippen LogP contribution in [0.2, 0.25) is 0 Å². The molecule has 7 nitrogen and oxygen atoms in total. The smallest absolute Gasteiger partial charge is 0.407 e. The first-order valence-corrected chi connectivity index (χ1v) is 10.0. The van der Waals surface area contributed by atoms with Crippen molar-refractivity contribution in [3.8, 4) is 0 Å². The minimum Gasteiger partial charge on any atom is -0.441 e. The number of piperidine rings is 1. The van der Waals surface area contributed by atoms with E-state index in [-0.39, 0.29) is 24.0 Å². The largest absolute Gasteiger partial charge is 0.441 e. The van der Waals surface area contributed by atoms with Crippen molar-refractivity contribution in [1.29, 1.82) is 0 Å². The second-order valence-electron chi connectivity index (χ2n) is 7.91. The van der Waals surface area contributed by atoms with Crippen LogP contribution in [0.4, 0.5) is 14.0 Å². The molecule has 28 heavy (non-hydrogen) atoms. The molecule has 0 radical (unpaired) electrons. The van der Waals surface area contributed by atoms with Gasteiger partial charge < -0.3 is 20.3 Å². The molecule has 0 saturated carbocycles. The van der Waals surface area contributed by atoms with Crippen molar-refractivity contribution in [2.75, 3.05) is 39.3 Å². The molecule has 4 rings (SSSR count). The normalized spacial score (nSPS) is 22.8. The zero-order valence-electron chi connectivity index (χ0n) is 16.0. The zero-order chi connectivity index (χ0) is 19.6. The summed E-state index contributed by atoms with van der Waals surface area (Å²) in [6, 6.07) is 6.50. The van der Waals surface area contributed by atoms with E-state index < -0.39 is 5.60 Å². The van der Waals surface area contributed by atoms with E-state index >= 15 is 0 Å². The number of urea groups is 1. The molecule has 152 valence electrons. The lowest BCUT2D eigenvalue weighted by molar-refractivity contribution is 0.00964. The number of halogens is 1. The molecule has 1 atom stereocenters. The maximum atomic E-state index is 13.3. The SMILES string of the molecule is O=C1NCC2(CCN(C(=O)NCC(c3ccc(F)cc3)N3CCCC3)CC2)O1. The van der Waals surface area contributed by atoms with Gasteiger partial charge in [-0.25, -0.2) is 14.0 Å². The Kier molecular flexibility index (Phi) is 5.39. The van der Waals surface area contributed by atoms with Gasteiger partial charge in [-0.05, 0) is 43.6 Å². The van der Waals surface area contributed by atoms with E-state index in [1.807, 2.05) is 0 Å². The van der Waals surface area contributed by atoms with E-state index in [0.717, 1.165) is 31.5 Å². The van der Waals surface area contributed by atoms with Crippen molar-refractivity contribution in [2.24, 2.45) is 0 Å². The lowest BCUT2D eigenvalue weighted by Crippen LogP contribution is -2.52. The third-order valence-electron chi connectivity index (χ3n) is 6.11. The lowest BCUT2D eigenvalue weighted by atomic mass is 9.92. The Morgan fingerprint density at radius 3 is 2.46 bits per heavy atom. The van der Waals surface area contributed by atoms with Crippen molar-refractivity contribution in [1.82, 2.24) is 20.4 Å². The summed E-state index contributed by atoms with van der Waals surface area (Å²) >= 11 is 0. The Balaban J connectivity index is 1.34. The molecule has 1 aromatic rings. The second-order valence-corrected chi connectivity index (χ2v) is 7.91. The Morgan fingerprint density at radius 1 is 1.18 bits per heavy atom. The molecule has 3 amide bonds. The Labute approximate surface area is 164 Å². The average molecular weight is 390 g/mol. The van der Waals surface area contributed by atoms with Gasteiger partial charge in [-0.1, -0.05) is 12.1 Å². The Morgan fingerprint density at radius 2 is 1.86 bits per heavy atom. The number of benzene rings is 1. The van der Waals surface area contributed by atoms with E-state index in [9.17, 15) is 14.0 Å². The van der Waals surface area contributed by atoms with Crippen LogP contribution >= 0.6 is 0 Å². The molecule has 3 heterocycles. The number of amides is 3. The molecule has 0 aliphatic carbocycles. The third kappa shape index (κ3) is 4.06. The molecule has 2 N–H and O–H groups in total. The maximum absolute atomic E-state index is 13.3. The molecule has 8 heteroatoms. The number of hydrogen-bond acceptors (Lipinski definition) is 4. The van der Waals surface area contributed by atoms with Crippen molar-refractivity contribution in [2.45, 2.75) is 37.3 Å². The van der Waals surface area contributed by atoms with E-state index in [4.69, 9.17) is 4.74 Å². The molecule has 1 aromatic carbocycles. The number of nitrogens with zero attached hydrogens (tertiary/aromatic N) is 2. The molecule has 3 aliphatic heterocycles. The molecule has 1 unspecified atom stereocenters. The molecule has 3 saturated heterocycles. The van der Waals surface area contributed by atoms with Crippen LogP contribution < -0.4 is 10.6 Å². The van der Waals surface area contributed by atoms with Gasteiger partial charge in [0.1, 0.15) is 11.4 Å². The highest BCUT2D eigenvalue weighted by Crippen LogP contribution is 2.29. The summed E-state index contributed by atoms with van der Waals surface area (Å²) in [5.74, 6) is -0.252. The number of ether oxygens (including phenoxy) is 1. The predicted molar refractivity (Wildman–Crippen MR) is 101 cm³/mol. The fraction of sp³-hybridized carbons (Fsp3) is 0.600. The van der Waals surface area contributed by atoms with Gasteiger partial charge in [0.05, 0.1) is 12.6 Å². The minimum atomic E-state index is -0.458. The molecular weight excluding hydrogens is 363 g/mol. The van der Waals surface area contributed by atoms with Crippen molar-refractivity contribution >= 4 is 12.1 Å². The number of carbonyl (C=O) groups is 2. The molecule has 0 bridgehead atoms. The summed E-state index contributed by atoms with van der Waals surface area (Å²) in [4.78, 5) is 28.2. The van der Waals surface area contributed by atoms with Gasteiger partial charge in [0, 0.05) is 32.5 Å². The summed E-state index contributed by atoms with van der Waals surface area (Å²) in [5, 5.41) is 5.76. The van der Waals surface area contributed by atoms with Crippen molar-refractivity contribution in [3.63, 3.8) is 0 Å². The van der Waals surface area contributed by atoms with Crippen LogP contribution in [0.15, 0.2) is 24.3 Å². The van der Waals surface area contributed by atoms with E-state index in [2.05, 4.69) is 15.5 Å². The van der Waals surface area contributed by atoms with Crippen LogP contribution in [0, 0.1) is 5.82 Å². The maximum Gasteiger partial charge on any atom is 0.407 e. The van der Waals surface area contributed by atoms with Crippen LogP contribution in [0.1, 0.15) is 37.3 Å². The summed E-state index contributed by atoms with van der Waals surface area (Å²) in [5.41, 5.74) is 0.560. The first-order chi connectivity index (χ1) is 13.5. The summed E-state index contributed by atoms with van der Waals surface area (Å²) in [6.07, 6.45) is 3.21. The molecular formula is C20H27FN4O3. The number of carbonyl (C=O) groups excluding carboxylic acids is 2. The van der Waals surface area contributed by atoms with E-state index in [0.29, 0.717) is 39.0 Å². The van der Waals surface area contributed by atoms with Crippen LogP contribution in [0.25, 0.3) is 0 Å². The number of likely N-dealkylation sites (tertiary alicyclic amines) is 2. The number of hydrogen-bond donors (Lipinski definition) is 2. The lowest BCUT2D eigenvalue weighted by Gasteiger charge is -2.37. The topological polar surface area (TPSA) is 73.9 Å². The minimum absolute atomic E-state index is 0.0446. The number of alkyl carbamates (subject to hydrolysis) is 1. The monoisotopic (exact) mass is 390 g/mol. The highest BCUT2D eigenvalue weighted by Gasteiger charge is 2.43. The second kappa shape index (κ2) is 7.95. The summed E-state index contributed by atoms with van der Waals surface area (Å²) in [7, 11) is 0. The van der Waals surface area contributed by atoms with Gasteiger partial charge in [0.25, 0.3) is 0 Å². The predicted octanol–water partition coefficient (Wildman–Crippen LogP) is 2.25. The first-order valence-electron chi connectivity index (χ1n) is 10.0. The van der Waals surface area contributed by atoms with Gasteiger partial charge >= 0.3 is 12.1 Å². The molecule has 3 fully saturated rings. The van der Waals surface area contributed by atoms with Gasteiger partial charge in [-0.15, -0.1) is 0 Å². The van der Waals surface area contributed by atoms with Gasteiger partial charge in [0.15, 0.2) is 0 Å². The quantitative estimate of drug-likeness (QED) is 0.827. The Bertz CT molecular complexity index is 713. The standard InChI is InChI=1S/C20H27FN4O3/c21-16-5-3-15(4-6-16)17(24-9-1-2-10-24)13-22-18(26)25-11-7-20(8-12-25)14-23-19(27)28-20/h3-6,17H,1-2,7-14H2,(H,22,26)(H,23,27). The van der Waals surface area contributed by atoms with Crippen LogP contribution in [0.5, 0.6) is 0 Å². The highest BCUT2D eigenvalue weighted by atomic mass is 19.1. The molecule has 3 aliphatic rings. The highest BCUT2D eigenvalue weighted by molar-refractivity contribution is 5.74. The first kappa shape index (κ1) is 19.0. The number of nitrogens with one attached hydrogen (secondary N) is 2. The van der Waals surface area contributed by atoms with Gasteiger partial charge in [-0.3, -0.25) is 4.90 Å². The van der Waals surface area contributed by atoms with E-state index in [1.165, 1.54) is 12.1 Å². The fourth-order valence-electron chi connectivity index (χ4n) is 4.39. The fourth-order valence-corrected chi connectivity index (χ4v) is 4.39. The molecule has 1 spiro atoms. The zero-order valence-corrected chi connectivity index (χ0v) is 16.0. The summed E-state index contributed by atoms with van der Waals surface area (Å²) < 4.78 is 18.7. The Hall–Kier alpha value is -2.35. The van der Waals surface area contributed by atoms with Crippen molar-refractivity contribution < 1.29 is 18.7 Å². The van der Waals surface area contributed by atoms with Crippen LogP contribution in [-0.4, -0.2) is 66.8 Å². The van der Waals surface area contributed by atoms with Gasteiger partial charge in [0.2, 0.25) is 0 Å². The molecule has 0 aromatic heterocycles. The van der Waals surface area contributed by atoms with Gasteiger partial charge in [-0.2, -0.15) is 0 Å². The third-order valence-corrected chi connectivity index (χ3v) is 6.11. The summed E-state index contributed by atoms with van der Waals surface area (Å²) in [6.45, 7) is 4.11. The number of rotatable bonds is 4. The average Bonchev–Trinajstić information content (AvgIpc) is 3.34. The van der Waals surface area contributed by atoms with Crippen molar-refractivity contribution in [3.05, 3.63) is 35.6 Å². The van der Waals surface area contributed by atoms with Crippen LogP contribution in [0.3, 0.4) is 0 Å². The van der Waals surface area contributed by atoms with Crippen LogP contribution in [-0.2, 0) is 4.74 Å². The van der Waals surface area contributed by atoms with E-state index in [1.54, 1.807) is 17.0 Å².